The molecule has 1 saturated heterocycles. The Bertz CT molecular complexity index is 712. The second-order valence-electron chi connectivity index (χ2n) is 6.06. The van der Waals surface area contributed by atoms with Gasteiger partial charge in [0.15, 0.2) is 0 Å². The lowest BCUT2D eigenvalue weighted by Gasteiger charge is -2.15. The molecule has 0 aliphatic carbocycles. The van der Waals surface area contributed by atoms with Gasteiger partial charge in [-0.3, -0.25) is 9.59 Å². The lowest BCUT2D eigenvalue weighted by atomic mass is 10.1. The topological polar surface area (TPSA) is 85.2 Å². The Balaban J connectivity index is 1.68. The van der Waals surface area contributed by atoms with Crippen LogP contribution >= 0.6 is 11.6 Å². The first kappa shape index (κ1) is 19.8. The average Bonchev–Trinajstić information content (AvgIpc) is 3.05. The van der Waals surface area contributed by atoms with Crippen LogP contribution in [0, 0.1) is 11.3 Å². The molecule has 0 atom stereocenters. The van der Waals surface area contributed by atoms with Gasteiger partial charge in [0.2, 0.25) is 5.91 Å². The summed E-state index contributed by atoms with van der Waals surface area (Å²) in [5.41, 5.74) is 1.04. The number of hydrogen-bond donors (Lipinski definition) is 2. The molecule has 2 amide bonds. The summed E-state index contributed by atoms with van der Waals surface area (Å²) in [5, 5.41) is 15.5. The minimum absolute atomic E-state index is 0.0291. The number of amides is 2. The Hall–Kier alpha value is -2.52. The molecule has 7 heteroatoms. The van der Waals surface area contributed by atoms with Gasteiger partial charge in [0, 0.05) is 43.8 Å². The van der Waals surface area contributed by atoms with Crippen LogP contribution in [-0.2, 0) is 16.0 Å². The fourth-order valence-corrected chi connectivity index (χ4v) is 2.97. The fraction of sp³-hybridized carbons (Fsp3) is 0.421. The first-order chi connectivity index (χ1) is 12.6. The molecule has 1 aromatic carbocycles. The quantitative estimate of drug-likeness (QED) is 0.393. The van der Waals surface area contributed by atoms with Crippen LogP contribution in [0.5, 0.6) is 0 Å². The van der Waals surface area contributed by atoms with Crippen molar-refractivity contribution < 1.29 is 9.59 Å². The third kappa shape index (κ3) is 6.08. The predicted octanol–water partition coefficient (Wildman–Crippen LogP) is 2.01. The van der Waals surface area contributed by atoms with Crippen LogP contribution in [0.4, 0.5) is 0 Å². The van der Waals surface area contributed by atoms with Crippen molar-refractivity contribution in [3.63, 3.8) is 0 Å². The molecular formula is C19H23ClN4O2. The number of nitrogens with zero attached hydrogens (tertiary/aromatic N) is 2. The summed E-state index contributed by atoms with van der Waals surface area (Å²) in [4.78, 5) is 25.3. The van der Waals surface area contributed by atoms with Gasteiger partial charge in [-0.1, -0.05) is 29.8 Å². The van der Waals surface area contributed by atoms with Gasteiger partial charge >= 0.3 is 0 Å². The number of rotatable bonds is 9. The van der Waals surface area contributed by atoms with Crippen molar-refractivity contribution in [2.75, 3.05) is 26.2 Å². The molecule has 1 aliphatic heterocycles. The highest BCUT2D eigenvalue weighted by molar-refractivity contribution is 6.31. The Morgan fingerprint density at radius 2 is 2.15 bits per heavy atom. The van der Waals surface area contributed by atoms with E-state index in [2.05, 4.69) is 10.6 Å². The van der Waals surface area contributed by atoms with Crippen LogP contribution < -0.4 is 10.6 Å². The first-order valence-corrected chi connectivity index (χ1v) is 9.12. The molecule has 138 valence electrons. The average molecular weight is 375 g/mol. The van der Waals surface area contributed by atoms with Crippen LogP contribution in [-0.4, -0.2) is 42.9 Å². The van der Waals surface area contributed by atoms with E-state index in [4.69, 9.17) is 16.9 Å². The summed E-state index contributed by atoms with van der Waals surface area (Å²) in [5.74, 6) is -0.234. The molecule has 0 radical (unpaired) electrons. The zero-order chi connectivity index (χ0) is 18.8. The van der Waals surface area contributed by atoms with Crippen LogP contribution in [0.3, 0.4) is 0 Å². The van der Waals surface area contributed by atoms with Gasteiger partial charge in [-0.05, 0) is 30.9 Å². The zero-order valence-electron chi connectivity index (χ0n) is 14.6. The molecule has 0 saturated carbocycles. The largest absolute Gasteiger partial charge is 0.389 e. The van der Waals surface area contributed by atoms with Crippen molar-refractivity contribution in [2.45, 2.75) is 25.7 Å². The molecule has 1 aromatic rings. The fourth-order valence-electron chi connectivity index (χ4n) is 2.74. The molecule has 1 aliphatic rings. The van der Waals surface area contributed by atoms with Gasteiger partial charge < -0.3 is 15.5 Å². The third-order valence-corrected chi connectivity index (χ3v) is 4.54. The Kier molecular flexibility index (Phi) is 7.97. The summed E-state index contributed by atoms with van der Waals surface area (Å²) < 4.78 is 0. The molecule has 6 nitrogen and oxygen atoms in total. The summed E-state index contributed by atoms with van der Waals surface area (Å²) in [6.07, 6.45) is 4.33. The Labute approximate surface area is 158 Å². The number of halogens is 1. The van der Waals surface area contributed by atoms with Crippen LogP contribution in [0.2, 0.25) is 5.02 Å². The van der Waals surface area contributed by atoms with Gasteiger partial charge in [0.25, 0.3) is 5.91 Å². The highest BCUT2D eigenvalue weighted by atomic mass is 35.5. The molecule has 0 bridgehead atoms. The van der Waals surface area contributed by atoms with E-state index in [-0.39, 0.29) is 11.5 Å². The van der Waals surface area contributed by atoms with Gasteiger partial charge in [0.05, 0.1) is 0 Å². The van der Waals surface area contributed by atoms with E-state index >= 15 is 0 Å². The molecule has 2 rings (SSSR count). The maximum Gasteiger partial charge on any atom is 0.263 e. The second-order valence-corrected chi connectivity index (χ2v) is 6.47. The lowest BCUT2D eigenvalue weighted by molar-refractivity contribution is -0.127. The normalized spacial score (nSPS) is 14.2. The Morgan fingerprint density at radius 1 is 1.35 bits per heavy atom. The van der Waals surface area contributed by atoms with Crippen molar-refractivity contribution in [1.29, 1.82) is 5.26 Å². The smallest absolute Gasteiger partial charge is 0.263 e. The number of likely N-dealkylation sites (tertiary alicyclic amines) is 1. The highest BCUT2D eigenvalue weighted by Gasteiger charge is 2.19. The zero-order valence-corrected chi connectivity index (χ0v) is 15.4. The summed E-state index contributed by atoms with van der Waals surface area (Å²) in [6.45, 7) is 2.44. The van der Waals surface area contributed by atoms with Crippen LogP contribution in [0.25, 0.3) is 0 Å². The van der Waals surface area contributed by atoms with Gasteiger partial charge in [0.1, 0.15) is 11.6 Å². The molecule has 0 aromatic heterocycles. The summed E-state index contributed by atoms with van der Waals surface area (Å²) >= 11 is 6.09. The summed E-state index contributed by atoms with van der Waals surface area (Å²) in [7, 11) is 0. The number of carbonyl (C=O) groups excluding carboxylic acids is 2. The van der Waals surface area contributed by atoms with E-state index in [9.17, 15) is 9.59 Å². The number of carbonyl (C=O) groups is 2. The number of hydrogen-bond acceptors (Lipinski definition) is 4. The highest BCUT2D eigenvalue weighted by Crippen LogP contribution is 2.14. The van der Waals surface area contributed by atoms with Gasteiger partial charge in [-0.15, -0.1) is 0 Å². The van der Waals surface area contributed by atoms with E-state index in [1.165, 1.54) is 6.20 Å². The molecule has 26 heavy (non-hydrogen) atoms. The maximum absolute atomic E-state index is 12.0. The predicted molar refractivity (Wildman–Crippen MR) is 100 cm³/mol. The standard InChI is InChI=1S/C19H23ClN4O2/c20-17-6-2-1-5-15(17)8-10-22-14-16(13-21)19(26)23-9-4-12-24-11-3-7-18(24)25/h1-2,5-6,14,22H,3-4,7-12H2,(H,23,26)/b16-14-. The number of nitriles is 1. The van der Waals surface area contributed by atoms with Gasteiger partial charge in [-0.25, -0.2) is 0 Å². The van der Waals surface area contributed by atoms with E-state index in [1.54, 1.807) is 0 Å². The van der Waals surface area contributed by atoms with Gasteiger partial charge in [-0.2, -0.15) is 5.26 Å². The minimum atomic E-state index is -0.412. The number of nitrogens with one attached hydrogen (secondary N) is 2. The van der Waals surface area contributed by atoms with E-state index < -0.39 is 5.91 Å². The SMILES string of the molecule is N#C/C(=C/NCCc1ccccc1Cl)C(=O)NCCCN1CCCC1=O. The van der Waals surface area contributed by atoms with Crippen LogP contribution in [0.15, 0.2) is 36.0 Å². The maximum atomic E-state index is 12.0. The third-order valence-electron chi connectivity index (χ3n) is 4.17. The van der Waals surface area contributed by atoms with E-state index in [1.807, 2.05) is 35.2 Å². The Morgan fingerprint density at radius 3 is 2.85 bits per heavy atom. The minimum Gasteiger partial charge on any atom is -0.389 e. The lowest BCUT2D eigenvalue weighted by Crippen LogP contribution is -2.31. The van der Waals surface area contributed by atoms with Crippen LogP contribution in [0.1, 0.15) is 24.8 Å². The second kappa shape index (κ2) is 10.5. The van der Waals surface area contributed by atoms with E-state index in [0.717, 1.165) is 18.5 Å². The molecule has 0 spiro atoms. The van der Waals surface area contributed by atoms with E-state index in [0.29, 0.717) is 43.9 Å². The summed E-state index contributed by atoms with van der Waals surface area (Å²) in [6, 6.07) is 9.46. The first-order valence-electron chi connectivity index (χ1n) is 8.75. The number of benzene rings is 1. The van der Waals surface area contributed by atoms with Crippen molar-refractivity contribution in [1.82, 2.24) is 15.5 Å². The molecular weight excluding hydrogens is 352 g/mol. The molecule has 0 unspecified atom stereocenters. The van der Waals surface area contributed by atoms with Crippen molar-refractivity contribution in [3.05, 3.63) is 46.6 Å². The molecule has 1 heterocycles. The molecule has 2 N–H and O–H groups in total. The van der Waals surface area contributed by atoms with Crippen molar-refractivity contribution >= 4 is 23.4 Å². The van der Waals surface area contributed by atoms with Crippen molar-refractivity contribution in [3.8, 4) is 6.07 Å². The van der Waals surface area contributed by atoms with Crippen molar-refractivity contribution in [2.24, 2.45) is 0 Å². The molecule has 1 fully saturated rings. The monoisotopic (exact) mass is 374 g/mol.